The Balaban J connectivity index is 2.07. The van der Waals surface area contributed by atoms with Gasteiger partial charge in [0.15, 0.2) is 0 Å². The van der Waals surface area contributed by atoms with Gasteiger partial charge >= 0.3 is 12.2 Å². The van der Waals surface area contributed by atoms with Gasteiger partial charge in [0.2, 0.25) is 0 Å². The second-order valence-corrected chi connectivity index (χ2v) is 6.13. The monoisotopic (exact) mass is 381 g/mol. The zero-order valence-electron chi connectivity index (χ0n) is 15.3. The molecule has 2 aromatic rings. The highest BCUT2D eigenvalue weighted by Crippen LogP contribution is 2.34. The first-order chi connectivity index (χ1) is 12.7. The van der Waals surface area contributed by atoms with Crippen molar-refractivity contribution in [1.29, 1.82) is 0 Å². The SMILES string of the molecule is COc1cccc(C(CNC(=O)Nc2ccccc2C(F)(F)F)N(C)C)c1. The molecule has 0 fully saturated rings. The Hall–Kier alpha value is -2.74. The number of benzene rings is 2. The Labute approximate surface area is 156 Å². The standard InChI is InChI=1S/C19H22F3N3O2/c1-25(2)17(13-7-6-8-14(11-13)27-3)12-23-18(26)24-16-10-5-4-9-15(16)19(20,21)22/h4-11,17H,12H2,1-3H3,(H2,23,24,26). The molecular formula is C19H22F3N3O2. The molecule has 0 heterocycles. The maximum atomic E-state index is 13.0. The Morgan fingerprint density at radius 1 is 1.15 bits per heavy atom. The van der Waals surface area contributed by atoms with Gasteiger partial charge < -0.3 is 20.3 Å². The number of likely N-dealkylation sites (N-methyl/N-ethyl adjacent to an activating group) is 1. The Kier molecular flexibility index (Phi) is 6.68. The summed E-state index contributed by atoms with van der Waals surface area (Å²) < 4.78 is 44.3. The van der Waals surface area contributed by atoms with Crippen molar-refractivity contribution in [2.24, 2.45) is 0 Å². The molecule has 2 aromatic carbocycles. The summed E-state index contributed by atoms with van der Waals surface area (Å²) in [5.74, 6) is 0.683. The molecule has 1 unspecified atom stereocenters. The average Bonchev–Trinajstić information content (AvgIpc) is 2.61. The number of nitrogens with one attached hydrogen (secondary N) is 2. The topological polar surface area (TPSA) is 53.6 Å². The van der Waals surface area contributed by atoms with Crippen LogP contribution in [0.2, 0.25) is 0 Å². The fourth-order valence-corrected chi connectivity index (χ4v) is 2.64. The highest BCUT2D eigenvalue weighted by atomic mass is 19.4. The third kappa shape index (κ3) is 5.62. The molecule has 1 atom stereocenters. The smallest absolute Gasteiger partial charge is 0.418 e. The van der Waals surface area contributed by atoms with Gasteiger partial charge in [0, 0.05) is 6.54 Å². The molecule has 0 aromatic heterocycles. The molecule has 0 aliphatic rings. The fourth-order valence-electron chi connectivity index (χ4n) is 2.64. The van der Waals surface area contributed by atoms with Gasteiger partial charge in [0.25, 0.3) is 0 Å². The molecule has 0 spiro atoms. The molecule has 2 rings (SSSR count). The number of rotatable bonds is 6. The number of methoxy groups -OCH3 is 1. The molecule has 5 nitrogen and oxygen atoms in total. The minimum atomic E-state index is -4.55. The third-order valence-corrected chi connectivity index (χ3v) is 4.04. The van der Waals surface area contributed by atoms with Crippen molar-refractivity contribution in [1.82, 2.24) is 10.2 Å². The molecule has 146 valence electrons. The zero-order valence-corrected chi connectivity index (χ0v) is 15.3. The van der Waals surface area contributed by atoms with Crippen LogP contribution in [0.15, 0.2) is 48.5 Å². The summed E-state index contributed by atoms with van der Waals surface area (Å²) in [5, 5.41) is 4.90. The molecular weight excluding hydrogens is 359 g/mol. The second-order valence-electron chi connectivity index (χ2n) is 6.13. The average molecular weight is 381 g/mol. The van der Waals surface area contributed by atoms with E-state index in [9.17, 15) is 18.0 Å². The lowest BCUT2D eigenvalue weighted by atomic mass is 10.1. The van der Waals surface area contributed by atoms with Crippen LogP contribution in [0.25, 0.3) is 0 Å². The van der Waals surface area contributed by atoms with Crippen molar-refractivity contribution in [3.05, 3.63) is 59.7 Å². The van der Waals surface area contributed by atoms with Crippen molar-refractivity contribution in [2.45, 2.75) is 12.2 Å². The quantitative estimate of drug-likeness (QED) is 0.791. The number of halogens is 3. The van der Waals surface area contributed by atoms with Crippen LogP contribution in [0.3, 0.4) is 0 Å². The largest absolute Gasteiger partial charge is 0.497 e. The highest BCUT2D eigenvalue weighted by molar-refractivity contribution is 5.90. The number of carbonyl (C=O) groups is 1. The van der Waals surface area contributed by atoms with Crippen LogP contribution in [0.1, 0.15) is 17.2 Å². The van der Waals surface area contributed by atoms with E-state index in [4.69, 9.17) is 4.74 Å². The zero-order chi connectivity index (χ0) is 20.0. The first kappa shape index (κ1) is 20.6. The van der Waals surface area contributed by atoms with Crippen molar-refractivity contribution >= 4 is 11.7 Å². The van der Waals surface area contributed by atoms with Gasteiger partial charge in [-0.25, -0.2) is 4.79 Å². The summed E-state index contributed by atoms with van der Waals surface area (Å²) in [5.41, 5.74) is -0.266. The molecule has 27 heavy (non-hydrogen) atoms. The van der Waals surface area contributed by atoms with Crippen LogP contribution in [0.5, 0.6) is 5.75 Å². The van der Waals surface area contributed by atoms with Crippen LogP contribution in [0, 0.1) is 0 Å². The van der Waals surface area contributed by atoms with E-state index in [0.29, 0.717) is 5.75 Å². The predicted octanol–water partition coefficient (Wildman–Crippen LogP) is 4.14. The van der Waals surface area contributed by atoms with Gasteiger partial charge in [-0.3, -0.25) is 0 Å². The van der Waals surface area contributed by atoms with E-state index in [1.165, 1.54) is 18.2 Å². The molecule has 0 radical (unpaired) electrons. The number of para-hydroxylation sites is 1. The molecule has 0 saturated carbocycles. The van der Waals surface area contributed by atoms with Gasteiger partial charge in [-0.15, -0.1) is 0 Å². The summed E-state index contributed by atoms with van der Waals surface area (Å²) in [6.07, 6.45) is -4.55. The third-order valence-electron chi connectivity index (χ3n) is 4.04. The summed E-state index contributed by atoms with van der Waals surface area (Å²) in [6, 6.07) is 11.4. The van der Waals surface area contributed by atoms with E-state index < -0.39 is 17.8 Å². The molecule has 8 heteroatoms. The summed E-state index contributed by atoms with van der Waals surface area (Å²) in [4.78, 5) is 14.0. The van der Waals surface area contributed by atoms with E-state index in [-0.39, 0.29) is 18.3 Å². The normalized spacial score (nSPS) is 12.6. The minimum Gasteiger partial charge on any atom is -0.497 e. The van der Waals surface area contributed by atoms with Crippen molar-refractivity contribution < 1.29 is 22.7 Å². The summed E-state index contributed by atoms with van der Waals surface area (Å²) in [6.45, 7) is 0.209. The molecule has 0 aliphatic heterocycles. The molecule has 2 amide bonds. The second kappa shape index (κ2) is 8.77. The van der Waals surface area contributed by atoms with Crippen LogP contribution in [-0.2, 0) is 6.18 Å². The van der Waals surface area contributed by atoms with Crippen molar-refractivity contribution in [3.63, 3.8) is 0 Å². The van der Waals surface area contributed by atoms with Crippen molar-refractivity contribution in [3.8, 4) is 5.75 Å². The molecule has 2 N–H and O–H groups in total. The predicted molar refractivity (Wildman–Crippen MR) is 97.9 cm³/mol. The van der Waals surface area contributed by atoms with Crippen LogP contribution >= 0.6 is 0 Å². The lowest BCUT2D eigenvalue weighted by Crippen LogP contribution is -2.37. The number of amides is 2. The Morgan fingerprint density at radius 2 is 1.85 bits per heavy atom. The van der Waals surface area contributed by atoms with Gasteiger partial charge in [-0.2, -0.15) is 13.2 Å². The first-order valence-electron chi connectivity index (χ1n) is 8.24. The minimum absolute atomic E-state index is 0.177. The maximum absolute atomic E-state index is 13.0. The molecule has 0 aliphatic carbocycles. The number of urea groups is 1. The summed E-state index contributed by atoms with van der Waals surface area (Å²) in [7, 11) is 5.26. The van der Waals surface area contributed by atoms with Crippen LogP contribution in [0.4, 0.5) is 23.7 Å². The number of hydrogen-bond donors (Lipinski definition) is 2. The van der Waals surface area contributed by atoms with Gasteiger partial charge in [-0.1, -0.05) is 24.3 Å². The Bertz CT molecular complexity index is 779. The van der Waals surface area contributed by atoms with E-state index in [2.05, 4.69) is 10.6 Å². The molecule has 0 bridgehead atoms. The van der Waals surface area contributed by atoms with E-state index >= 15 is 0 Å². The number of carbonyl (C=O) groups excluding carboxylic acids is 1. The van der Waals surface area contributed by atoms with E-state index in [1.807, 2.05) is 43.3 Å². The van der Waals surface area contributed by atoms with Gasteiger partial charge in [-0.05, 0) is 43.9 Å². The van der Waals surface area contributed by atoms with Gasteiger partial charge in [0.1, 0.15) is 5.75 Å². The lowest BCUT2D eigenvalue weighted by molar-refractivity contribution is -0.136. The number of ether oxygens (including phenoxy) is 1. The molecule has 0 saturated heterocycles. The van der Waals surface area contributed by atoms with Crippen molar-refractivity contribution in [2.75, 3.05) is 33.1 Å². The highest BCUT2D eigenvalue weighted by Gasteiger charge is 2.33. The number of hydrogen-bond acceptors (Lipinski definition) is 3. The van der Waals surface area contributed by atoms with Crippen LogP contribution < -0.4 is 15.4 Å². The lowest BCUT2D eigenvalue weighted by Gasteiger charge is -2.25. The van der Waals surface area contributed by atoms with Gasteiger partial charge in [0.05, 0.1) is 24.4 Å². The van der Waals surface area contributed by atoms with E-state index in [1.54, 1.807) is 7.11 Å². The first-order valence-corrected chi connectivity index (χ1v) is 8.24. The maximum Gasteiger partial charge on any atom is 0.418 e. The fraction of sp³-hybridized carbons (Fsp3) is 0.316. The summed E-state index contributed by atoms with van der Waals surface area (Å²) >= 11 is 0. The Morgan fingerprint density at radius 3 is 2.48 bits per heavy atom. The number of alkyl halides is 3. The number of anilines is 1. The van der Waals surface area contributed by atoms with Crippen LogP contribution in [-0.4, -0.2) is 38.7 Å². The van der Waals surface area contributed by atoms with E-state index in [0.717, 1.165) is 11.6 Å². The number of nitrogens with zero attached hydrogens (tertiary/aromatic N) is 1.